The van der Waals surface area contributed by atoms with Gasteiger partial charge in [-0.05, 0) is 0 Å². The van der Waals surface area contributed by atoms with Crippen molar-refractivity contribution >= 4 is 33.6 Å². The second-order valence-electron chi connectivity index (χ2n) is 4.91. The summed E-state index contributed by atoms with van der Waals surface area (Å²) in [7, 11) is 0. The normalized spacial score (nSPS) is 12.1. The Morgan fingerprint density at radius 2 is 1.25 bits per heavy atom. The van der Waals surface area contributed by atoms with Crippen LogP contribution in [0.4, 0.5) is 0 Å². The van der Waals surface area contributed by atoms with E-state index in [-0.39, 0.29) is 0 Å². The standard InChI is InChI=1S/C14H18Ge2/c1-16(2,14-11-7-4-8-12-14)15-13-9-5-3-6-10-13/h3-12H,15H2,1-2H3. The van der Waals surface area contributed by atoms with Crippen LogP contribution in [-0.4, -0.2) is 24.8 Å². The van der Waals surface area contributed by atoms with Crippen molar-refractivity contribution in [1.82, 2.24) is 0 Å². The van der Waals surface area contributed by atoms with Crippen LogP contribution in [0.3, 0.4) is 0 Å². The van der Waals surface area contributed by atoms with Gasteiger partial charge in [-0.2, -0.15) is 0 Å². The molecule has 0 nitrogen and oxygen atoms in total. The third kappa shape index (κ3) is 3.02. The van der Waals surface area contributed by atoms with Gasteiger partial charge in [-0.25, -0.2) is 0 Å². The summed E-state index contributed by atoms with van der Waals surface area (Å²) in [6.07, 6.45) is 0. The Bertz CT molecular complexity index is 435. The zero-order valence-electron chi connectivity index (χ0n) is 9.98. The summed E-state index contributed by atoms with van der Waals surface area (Å²) in [4.78, 5) is 0. The van der Waals surface area contributed by atoms with Crippen LogP contribution in [0.5, 0.6) is 0 Å². The van der Waals surface area contributed by atoms with E-state index in [0.29, 0.717) is 0 Å². The van der Waals surface area contributed by atoms with Crippen LogP contribution in [0.2, 0.25) is 11.5 Å². The van der Waals surface area contributed by atoms with Crippen molar-refractivity contribution in [1.29, 1.82) is 0 Å². The van der Waals surface area contributed by atoms with Crippen molar-refractivity contribution in [3.63, 3.8) is 0 Å². The van der Waals surface area contributed by atoms with Crippen LogP contribution >= 0.6 is 0 Å². The van der Waals surface area contributed by atoms with E-state index in [1.807, 2.05) is 0 Å². The van der Waals surface area contributed by atoms with Gasteiger partial charge in [-0.15, -0.1) is 0 Å². The molecule has 16 heavy (non-hydrogen) atoms. The van der Waals surface area contributed by atoms with Crippen LogP contribution in [0.25, 0.3) is 0 Å². The molecule has 0 fully saturated rings. The third-order valence-electron chi connectivity index (χ3n) is 3.04. The van der Waals surface area contributed by atoms with Crippen LogP contribution in [-0.2, 0) is 0 Å². The molecule has 0 unspecified atom stereocenters. The molecule has 0 aromatic heterocycles. The molecular formula is C14H18Ge2. The third-order valence-corrected chi connectivity index (χ3v) is 29.3. The predicted octanol–water partition coefficient (Wildman–Crippen LogP) is 1.59. The number of benzene rings is 2. The second-order valence-corrected chi connectivity index (χ2v) is 39.6. The predicted molar refractivity (Wildman–Crippen MR) is 78.2 cm³/mol. The minimum atomic E-state index is -1.66. The molecule has 0 aliphatic rings. The maximum absolute atomic E-state index is 2.57. The molecule has 0 heterocycles. The van der Waals surface area contributed by atoms with Crippen LogP contribution in [0, 0.1) is 0 Å². The Morgan fingerprint density at radius 1 is 0.750 bits per heavy atom. The quantitative estimate of drug-likeness (QED) is 0.750. The van der Waals surface area contributed by atoms with Gasteiger partial charge in [0.2, 0.25) is 0 Å². The van der Waals surface area contributed by atoms with Crippen molar-refractivity contribution < 1.29 is 0 Å². The molecule has 2 aromatic carbocycles. The first-order chi connectivity index (χ1) is 7.68. The van der Waals surface area contributed by atoms with E-state index in [4.69, 9.17) is 0 Å². The summed E-state index contributed by atoms with van der Waals surface area (Å²) in [6.45, 7) is 0. The number of hydrogen-bond acceptors (Lipinski definition) is 0. The van der Waals surface area contributed by atoms with Crippen LogP contribution in [0.15, 0.2) is 60.7 Å². The topological polar surface area (TPSA) is 0 Å². The van der Waals surface area contributed by atoms with Crippen molar-refractivity contribution in [2.45, 2.75) is 11.5 Å². The van der Waals surface area contributed by atoms with Gasteiger partial charge in [0.25, 0.3) is 0 Å². The van der Waals surface area contributed by atoms with Gasteiger partial charge in [-0.1, -0.05) is 0 Å². The minimum absolute atomic E-state index is 0.571. The van der Waals surface area contributed by atoms with Crippen LogP contribution in [0.1, 0.15) is 0 Å². The van der Waals surface area contributed by atoms with E-state index in [1.165, 1.54) is 0 Å². The van der Waals surface area contributed by atoms with E-state index in [0.717, 1.165) is 0 Å². The summed E-state index contributed by atoms with van der Waals surface area (Å²) < 4.78 is 3.34. The number of hydrogen-bond donors (Lipinski definition) is 0. The van der Waals surface area contributed by atoms with Gasteiger partial charge >= 0.3 is 106 Å². The second kappa shape index (κ2) is 5.24. The summed E-state index contributed by atoms with van der Waals surface area (Å²) in [5.74, 6) is 5.14. The molecule has 2 heteroatoms. The molecule has 0 atom stereocenters. The van der Waals surface area contributed by atoms with Gasteiger partial charge in [0.15, 0.2) is 0 Å². The molecule has 0 bridgehead atoms. The van der Waals surface area contributed by atoms with Crippen molar-refractivity contribution in [2.75, 3.05) is 0 Å². The van der Waals surface area contributed by atoms with Crippen molar-refractivity contribution in [2.24, 2.45) is 0 Å². The maximum atomic E-state index is 2.57. The SMILES string of the molecule is [CH3][Ge]([CH3])([GeH2][c]1ccccc1)[c]1ccccc1. The molecule has 0 radical (unpaired) electrons. The zero-order valence-corrected chi connectivity index (χ0v) is 15.0. The average Bonchev–Trinajstić information content (AvgIpc) is 2.31. The molecule has 0 spiro atoms. The molecule has 0 saturated carbocycles. The molecule has 0 amide bonds. The van der Waals surface area contributed by atoms with Gasteiger partial charge in [0, 0.05) is 0 Å². The summed E-state index contributed by atoms with van der Waals surface area (Å²) >= 11 is -2.24. The molecule has 2 aromatic rings. The van der Waals surface area contributed by atoms with Gasteiger partial charge in [-0.3, -0.25) is 0 Å². The van der Waals surface area contributed by atoms with Gasteiger partial charge in [0.05, 0.1) is 0 Å². The van der Waals surface area contributed by atoms with E-state index >= 15 is 0 Å². The first-order valence-electron chi connectivity index (χ1n) is 5.78. The van der Waals surface area contributed by atoms with E-state index in [9.17, 15) is 0 Å². The Balaban J connectivity index is 2.21. The molecule has 82 valence electrons. The first kappa shape index (κ1) is 12.0. The van der Waals surface area contributed by atoms with Crippen LogP contribution < -0.4 is 8.79 Å². The van der Waals surface area contributed by atoms with E-state index < -0.39 is 24.8 Å². The monoisotopic (exact) mass is 334 g/mol. The fraction of sp³-hybridized carbons (Fsp3) is 0.143. The molecule has 2 rings (SSSR count). The number of rotatable bonds is 3. The van der Waals surface area contributed by atoms with Crippen molar-refractivity contribution in [3.8, 4) is 0 Å². The molecule has 0 aliphatic heterocycles. The molecular weight excluding hydrogens is 313 g/mol. The Hall–Kier alpha value is -0.474. The van der Waals surface area contributed by atoms with Gasteiger partial charge < -0.3 is 0 Å². The Morgan fingerprint density at radius 3 is 1.81 bits per heavy atom. The molecule has 0 aliphatic carbocycles. The molecule has 0 saturated heterocycles. The van der Waals surface area contributed by atoms with E-state index in [1.54, 1.807) is 8.79 Å². The summed E-state index contributed by atoms with van der Waals surface area (Å²) in [5.41, 5.74) is 0. The van der Waals surface area contributed by atoms with Gasteiger partial charge in [0.1, 0.15) is 0 Å². The van der Waals surface area contributed by atoms with E-state index in [2.05, 4.69) is 72.2 Å². The fourth-order valence-corrected chi connectivity index (χ4v) is 26.5. The average molecular weight is 332 g/mol. The molecule has 0 N–H and O–H groups in total. The Labute approximate surface area is 105 Å². The zero-order chi connectivity index (χ0) is 11.4. The fourth-order valence-electron chi connectivity index (χ4n) is 2.10. The Kier molecular flexibility index (Phi) is 3.93. The summed E-state index contributed by atoms with van der Waals surface area (Å²) in [5, 5.41) is 0. The van der Waals surface area contributed by atoms with Crippen molar-refractivity contribution in [3.05, 3.63) is 60.7 Å². The first-order valence-corrected chi connectivity index (χ1v) is 21.7. The summed E-state index contributed by atoms with van der Waals surface area (Å²) in [6, 6.07) is 22.3.